The standard InChI is InChI=1S/C13H16O4/c1-8-3-10(8)7-17-12-5-9(13(14)15)4-11(6-12)16-2/h4-6,8,10H,3,7H2,1-2H3,(H,14,15). The van der Waals surface area contributed by atoms with Gasteiger partial charge in [-0.2, -0.15) is 0 Å². The molecule has 1 N–H and O–H groups in total. The quantitative estimate of drug-likeness (QED) is 0.853. The SMILES string of the molecule is COc1cc(OCC2CC2C)cc(C(=O)O)c1. The minimum absolute atomic E-state index is 0.184. The lowest BCUT2D eigenvalue weighted by molar-refractivity contribution is 0.0696. The molecule has 4 nitrogen and oxygen atoms in total. The molecule has 1 aliphatic rings. The monoisotopic (exact) mass is 236 g/mol. The predicted molar refractivity (Wildman–Crippen MR) is 62.7 cm³/mol. The third-order valence-corrected chi connectivity index (χ3v) is 3.10. The fourth-order valence-electron chi connectivity index (χ4n) is 1.73. The Bertz CT molecular complexity index is 427. The van der Waals surface area contributed by atoms with Crippen LogP contribution in [-0.4, -0.2) is 24.8 Å². The number of hydrogen-bond acceptors (Lipinski definition) is 3. The van der Waals surface area contributed by atoms with Gasteiger partial charge < -0.3 is 14.6 Å². The Morgan fingerprint density at radius 3 is 2.59 bits per heavy atom. The Morgan fingerprint density at radius 1 is 1.41 bits per heavy atom. The minimum atomic E-state index is -0.978. The van der Waals surface area contributed by atoms with Gasteiger partial charge in [-0.1, -0.05) is 6.92 Å². The summed E-state index contributed by atoms with van der Waals surface area (Å²) in [5.74, 6) is 1.41. The number of carboxylic acids is 1. The molecule has 0 saturated heterocycles. The zero-order valence-corrected chi connectivity index (χ0v) is 9.97. The molecule has 0 aliphatic heterocycles. The smallest absolute Gasteiger partial charge is 0.335 e. The van der Waals surface area contributed by atoms with E-state index >= 15 is 0 Å². The highest BCUT2D eigenvalue weighted by Crippen LogP contribution is 2.38. The summed E-state index contributed by atoms with van der Waals surface area (Å²) in [6, 6.07) is 4.71. The number of carboxylic acid groups (broad SMARTS) is 1. The summed E-state index contributed by atoms with van der Waals surface area (Å²) >= 11 is 0. The van der Waals surface area contributed by atoms with Gasteiger partial charge in [0.15, 0.2) is 0 Å². The highest BCUT2D eigenvalue weighted by Gasteiger charge is 2.33. The summed E-state index contributed by atoms with van der Waals surface area (Å²) in [7, 11) is 1.51. The summed E-state index contributed by atoms with van der Waals surface area (Å²) < 4.78 is 10.6. The van der Waals surface area contributed by atoms with Crippen LogP contribution < -0.4 is 9.47 Å². The van der Waals surface area contributed by atoms with Gasteiger partial charge in [0.1, 0.15) is 11.5 Å². The van der Waals surface area contributed by atoms with E-state index in [0.717, 1.165) is 5.92 Å². The van der Waals surface area contributed by atoms with Crippen LogP contribution in [0.15, 0.2) is 18.2 Å². The molecule has 1 aliphatic carbocycles. The summed E-state index contributed by atoms with van der Waals surface area (Å²) in [5, 5.41) is 8.95. The molecule has 0 spiro atoms. The van der Waals surface area contributed by atoms with Crippen LogP contribution >= 0.6 is 0 Å². The Morgan fingerprint density at radius 2 is 2.06 bits per heavy atom. The molecular formula is C13H16O4. The second-order valence-electron chi connectivity index (χ2n) is 4.49. The highest BCUT2D eigenvalue weighted by atomic mass is 16.5. The van der Waals surface area contributed by atoms with Gasteiger partial charge in [-0.15, -0.1) is 0 Å². The summed E-state index contributed by atoms with van der Waals surface area (Å²) in [6.07, 6.45) is 1.19. The Labute approximate surface area is 100 Å². The Kier molecular flexibility index (Phi) is 3.22. The molecule has 0 bridgehead atoms. The van der Waals surface area contributed by atoms with Crippen molar-refractivity contribution in [3.63, 3.8) is 0 Å². The highest BCUT2D eigenvalue weighted by molar-refractivity contribution is 5.88. The summed E-state index contributed by atoms with van der Waals surface area (Å²) in [5.41, 5.74) is 0.184. The van der Waals surface area contributed by atoms with Gasteiger partial charge in [0.05, 0.1) is 19.3 Å². The number of aromatic carboxylic acids is 1. The molecule has 0 amide bonds. The fourth-order valence-corrected chi connectivity index (χ4v) is 1.73. The lowest BCUT2D eigenvalue weighted by atomic mass is 10.2. The third-order valence-electron chi connectivity index (χ3n) is 3.10. The Balaban J connectivity index is 2.09. The molecule has 4 heteroatoms. The van der Waals surface area contributed by atoms with Gasteiger partial charge in [0.25, 0.3) is 0 Å². The zero-order valence-electron chi connectivity index (χ0n) is 9.97. The number of rotatable bonds is 5. The van der Waals surface area contributed by atoms with E-state index < -0.39 is 5.97 Å². The molecule has 92 valence electrons. The summed E-state index contributed by atoms with van der Waals surface area (Å²) in [4.78, 5) is 10.9. The normalized spacial score (nSPS) is 22.0. The molecule has 0 radical (unpaired) electrons. The van der Waals surface area contributed by atoms with Crippen molar-refractivity contribution in [3.8, 4) is 11.5 Å². The van der Waals surface area contributed by atoms with Crippen molar-refractivity contribution in [3.05, 3.63) is 23.8 Å². The molecule has 1 aromatic carbocycles. The number of ether oxygens (including phenoxy) is 2. The van der Waals surface area contributed by atoms with Gasteiger partial charge in [-0.3, -0.25) is 0 Å². The number of hydrogen-bond donors (Lipinski definition) is 1. The largest absolute Gasteiger partial charge is 0.497 e. The molecule has 17 heavy (non-hydrogen) atoms. The van der Waals surface area contributed by atoms with Crippen LogP contribution in [0.1, 0.15) is 23.7 Å². The maximum absolute atomic E-state index is 10.9. The van der Waals surface area contributed by atoms with Crippen molar-refractivity contribution in [2.45, 2.75) is 13.3 Å². The molecule has 1 aromatic rings. The second-order valence-corrected chi connectivity index (χ2v) is 4.49. The second kappa shape index (κ2) is 4.65. The van der Waals surface area contributed by atoms with E-state index in [1.165, 1.54) is 25.7 Å². The third kappa shape index (κ3) is 2.90. The molecule has 2 rings (SSSR count). The lowest BCUT2D eigenvalue weighted by Gasteiger charge is -2.08. The molecule has 1 saturated carbocycles. The van der Waals surface area contributed by atoms with E-state index in [-0.39, 0.29) is 5.56 Å². The fraction of sp³-hybridized carbons (Fsp3) is 0.462. The van der Waals surface area contributed by atoms with Crippen molar-refractivity contribution in [2.75, 3.05) is 13.7 Å². The number of benzene rings is 1. The maximum Gasteiger partial charge on any atom is 0.335 e. The van der Waals surface area contributed by atoms with E-state index in [2.05, 4.69) is 6.92 Å². The molecule has 2 atom stereocenters. The zero-order chi connectivity index (χ0) is 12.4. The lowest BCUT2D eigenvalue weighted by Crippen LogP contribution is -2.03. The molecule has 0 heterocycles. The molecular weight excluding hydrogens is 220 g/mol. The van der Waals surface area contributed by atoms with Crippen LogP contribution in [0.3, 0.4) is 0 Å². The molecule has 0 aromatic heterocycles. The first-order valence-corrected chi connectivity index (χ1v) is 5.65. The van der Waals surface area contributed by atoms with E-state index in [4.69, 9.17) is 14.6 Å². The molecule has 2 unspecified atom stereocenters. The van der Waals surface area contributed by atoms with E-state index in [1.54, 1.807) is 6.07 Å². The van der Waals surface area contributed by atoms with Gasteiger partial charge in [0.2, 0.25) is 0 Å². The van der Waals surface area contributed by atoms with Crippen molar-refractivity contribution in [2.24, 2.45) is 11.8 Å². The average Bonchev–Trinajstić information content (AvgIpc) is 3.02. The molecule has 1 fully saturated rings. The van der Waals surface area contributed by atoms with Gasteiger partial charge in [-0.25, -0.2) is 4.79 Å². The van der Waals surface area contributed by atoms with Gasteiger partial charge >= 0.3 is 5.97 Å². The first-order chi connectivity index (χ1) is 8.10. The Hall–Kier alpha value is -1.71. The first-order valence-electron chi connectivity index (χ1n) is 5.65. The van der Waals surface area contributed by atoms with Gasteiger partial charge in [0, 0.05) is 6.07 Å². The van der Waals surface area contributed by atoms with Crippen LogP contribution in [0.4, 0.5) is 0 Å². The van der Waals surface area contributed by atoms with Crippen LogP contribution in [0.2, 0.25) is 0 Å². The predicted octanol–water partition coefficient (Wildman–Crippen LogP) is 2.43. The van der Waals surface area contributed by atoms with Crippen molar-refractivity contribution in [1.29, 1.82) is 0 Å². The number of methoxy groups -OCH3 is 1. The summed E-state index contributed by atoms with van der Waals surface area (Å²) in [6.45, 7) is 2.83. The topological polar surface area (TPSA) is 55.8 Å². The van der Waals surface area contributed by atoms with Gasteiger partial charge in [-0.05, 0) is 30.4 Å². The van der Waals surface area contributed by atoms with E-state index in [9.17, 15) is 4.79 Å². The average molecular weight is 236 g/mol. The van der Waals surface area contributed by atoms with E-state index in [0.29, 0.717) is 24.0 Å². The first kappa shape index (κ1) is 11.8. The van der Waals surface area contributed by atoms with Crippen LogP contribution in [0, 0.1) is 11.8 Å². The van der Waals surface area contributed by atoms with Crippen LogP contribution in [-0.2, 0) is 0 Å². The van der Waals surface area contributed by atoms with Crippen LogP contribution in [0.25, 0.3) is 0 Å². The van der Waals surface area contributed by atoms with E-state index in [1.807, 2.05) is 0 Å². The van der Waals surface area contributed by atoms with Crippen molar-refractivity contribution in [1.82, 2.24) is 0 Å². The maximum atomic E-state index is 10.9. The van der Waals surface area contributed by atoms with Crippen LogP contribution in [0.5, 0.6) is 11.5 Å². The minimum Gasteiger partial charge on any atom is -0.497 e. The van der Waals surface area contributed by atoms with Crippen molar-refractivity contribution < 1.29 is 19.4 Å². The van der Waals surface area contributed by atoms with Crippen molar-refractivity contribution >= 4 is 5.97 Å². The number of carbonyl (C=O) groups is 1.